The van der Waals surface area contributed by atoms with Crippen LogP contribution < -0.4 is 4.74 Å². The maximum Gasteiger partial charge on any atom is 0.176 e. The van der Waals surface area contributed by atoms with Crippen LogP contribution in [0, 0.1) is 18.3 Å². The van der Waals surface area contributed by atoms with E-state index in [4.69, 9.17) is 4.74 Å². The highest BCUT2D eigenvalue weighted by atomic mass is 32.2. The molecule has 27 heavy (non-hydrogen) atoms. The minimum atomic E-state index is -0.167. The average molecular weight is 414 g/mol. The highest BCUT2D eigenvalue weighted by molar-refractivity contribution is 8.03. The maximum absolute atomic E-state index is 9.48. The molecule has 0 aliphatic carbocycles. The molecule has 0 N–H and O–H groups in total. The molecule has 1 atom stereocenters. The van der Waals surface area contributed by atoms with Crippen LogP contribution in [0.15, 0.2) is 57.2 Å². The van der Waals surface area contributed by atoms with E-state index in [0.717, 1.165) is 20.2 Å². The van der Waals surface area contributed by atoms with E-state index >= 15 is 0 Å². The van der Waals surface area contributed by atoms with Crippen molar-refractivity contribution in [1.82, 2.24) is 10.2 Å². The van der Waals surface area contributed by atoms with Gasteiger partial charge in [0.2, 0.25) is 0 Å². The standard InChI is InChI=1S/C20H19N3OS3/c1-14-3-5-15(6-4-14)11-18(12-21)26-20-23-22-19(27-20)25-13-16-7-9-17(24-2)10-8-16/h3-10,18H,11,13H2,1-2H3/t18-/m0/s1. The van der Waals surface area contributed by atoms with Crippen molar-refractivity contribution in [2.45, 2.75) is 33.0 Å². The second-order valence-electron chi connectivity index (χ2n) is 5.90. The van der Waals surface area contributed by atoms with Crippen LogP contribution in [0.1, 0.15) is 16.7 Å². The van der Waals surface area contributed by atoms with Crippen molar-refractivity contribution in [3.05, 3.63) is 65.2 Å². The predicted molar refractivity (Wildman–Crippen MR) is 113 cm³/mol. The Hall–Kier alpha value is -2.01. The molecule has 0 bridgehead atoms. The first-order valence-corrected chi connectivity index (χ1v) is 11.1. The summed E-state index contributed by atoms with van der Waals surface area (Å²) in [5.41, 5.74) is 3.60. The number of methoxy groups -OCH3 is 1. The molecule has 3 aromatic rings. The number of ether oxygens (including phenoxy) is 1. The molecule has 2 aromatic carbocycles. The van der Waals surface area contributed by atoms with Gasteiger partial charge < -0.3 is 4.74 Å². The van der Waals surface area contributed by atoms with Crippen LogP contribution >= 0.6 is 34.9 Å². The van der Waals surface area contributed by atoms with Crippen molar-refractivity contribution in [2.24, 2.45) is 0 Å². The first-order valence-electron chi connectivity index (χ1n) is 8.37. The largest absolute Gasteiger partial charge is 0.497 e. The molecule has 1 aromatic heterocycles. The third-order valence-corrected chi connectivity index (χ3v) is 7.14. The Morgan fingerprint density at radius 2 is 1.70 bits per heavy atom. The van der Waals surface area contributed by atoms with E-state index in [2.05, 4.69) is 59.6 Å². The SMILES string of the molecule is COc1ccc(CSc2nnc(S[C@H](C#N)Cc3ccc(C)cc3)s2)cc1. The topological polar surface area (TPSA) is 58.8 Å². The van der Waals surface area contributed by atoms with Crippen molar-refractivity contribution >= 4 is 34.9 Å². The molecule has 138 valence electrons. The Labute approximate surface area is 172 Å². The summed E-state index contributed by atoms with van der Waals surface area (Å²) in [5.74, 6) is 1.68. The molecule has 0 saturated carbocycles. The number of aryl methyl sites for hydroxylation is 1. The first-order chi connectivity index (χ1) is 13.2. The van der Waals surface area contributed by atoms with Crippen molar-refractivity contribution in [1.29, 1.82) is 5.26 Å². The normalized spacial score (nSPS) is 11.7. The fourth-order valence-corrected chi connectivity index (χ4v) is 5.48. The van der Waals surface area contributed by atoms with Crippen molar-refractivity contribution in [2.75, 3.05) is 7.11 Å². The van der Waals surface area contributed by atoms with Gasteiger partial charge in [-0.05, 0) is 36.6 Å². The van der Waals surface area contributed by atoms with Crippen molar-refractivity contribution in [3.63, 3.8) is 0 Å². The monoisotopic (exact) mass is 413 g/mol. The molecule has 0 fully saturated rings. The number of hydrogen-bond acceptors (Lipinski definition) is 7. The lowest BCUT2D eigenvalue weighted by molar-refractivity contribution is 0.414. The highest BCUT2D eigenvalue weighted by Crippen LogP contribution is 2.33. The molecule has 4 nitrogen and oxygen atoms in total. The molecule has 3 rings (SSSR count). The fourth-order valence-electron chi connectivity index (χ4n) is 2.34. The lowest BCUT2D eigenvalue weighted by atomic mass is 10.1. The zero-order valence-electron chi connectivity index (χ0n) is 15.1. The van der Waals surface area contributed by atoms with Gasteiger partial charge in [0, 0.05) is 5.75 Å². The molecular formula is C20H19N3OS3. The van der Waals surface area contributed by atoms with E-state index < -0.39 is 0 Å². The Balaban J connectivity index is 1.54. The molecule has 7 heteroatoms. The number of thioether (sulfide) groups is 2. The summed E-state index contributed by atoms with van der Waals surface area (Å²) in [7, 11) is 1.66. The highest BCUT2D eigenvalue weighted by Gasteiger charge is 2.14. The van der Waals surface area contributed by atoms with Gasteiger partial charge >= 0.3 is 0 Å². The molecule has 0 unspecified atom stereocenters. The van der Waals surface area contributed by atoms with Crippen LogP contribution in [-0.4, -0.2) is 22.6 Å². The van der Waals surface area contributed by atoms with Crippen LogP contribution in [0.4, 0.5) is 0 Å². The van der Waals surface area contributed by atoms with Gasteiger partial charge in [0.15, 0.2) is 8.68 Å². The van der Waals surface area contributed by atoms with E-state index in [-0.39, 0.29) is 5.25 Å². The number of benzene rings is 2. The Bertz CT molecular complexity index is 901. The summed E-state index contributed by atoms with van der Waals surface area (Å²) in [5, 5.41) is 17.8. The van der Waals surface area contributed by atoms with E-state index in [0.29, 0.717) is 6.42 Å². The molecule has 0 amide bonds. The lowest BCUT2D eigenvalue weighted by Crippen LogP contribution is -2.03. The molecule has 0 spiro atoms. The van der Waals surface area contributed by atoms with E-state index in [1.54, 1.807) is 30.2 Å². The summed E-state index contributed by atoms with van der Waals surface area (Å²) in [6, 6.07) is 18.7. The van der Waals surface area contributed by atoms with E-state index in [9.17, 15) is 5.26 Å². The van der Waals surface area contributed by atoms with Crippen LogP contribution in [-0.2, 0) is 12.2 Å². The molecule has 1 heterocycles. The Kier molecular flexibility index (Phi) is 7.16. The lowest BCUT2D eigenvalue weighted by Gasteiger charge is -2.06. The second-order valence-corrected chi connectivity index (χ2v) is 9.55. The first kappa shape index (κ1) is 19.7. The van der Waals surface area contributed by atoms with Gasteiger partial charge in [-0.2, -0.15) is 5.26 Å². The summed E-state index contributed by atoms with van der Waals surface area (Å²) in [6.45, 7) is 2.06. The molecule has 0 radical (unpaired) electrons. The second kappa shape index (κ2) is 9.79. The molecule has 0 aliphatic rings. The van der Waals surface area contributed by atoms with E-state index in [1.165, 1.54) is 28.5 Å². The average Bonchev–Trinajstić information content (AvgIpc) is 3.15. The quantitative estimate of drug-likeness (QED) is 0.462. The van der Waals surface area contributed by atoms with E-state index in [1.807, 2.05) is 12.1 Å². The van der Waals surface area contributed by atoms with Gasteiger partial charge in [0.25, 0.3) is 0 Å². The zero-order valence-corrected chi connectivity index (χ0v) is 17.5. The number of aromatic nitrogens is 2. The number of rotatable bonds is 8. The number of nitrogens with zero attached hydrogens (tertiary/aromatic N) is 3. The number of nitriles is 1. The Morgan fingerprint density at radius 3 is 2.37 bits per heavy atom. The fraction of sp³-hybridized carbons (Fsp3) is 0.250. The zero-order chi connectivity index (χ0) is 19.1. The van der Waals surface area contributed by atoms with Gasteiger partial charge in [-0.15, -0.1) is 10.2 Å². The van der Waals surface area contributed by atoms with Crippen LogP contribution in [0.2, 0.25) is 0 Å². The van der Waals surface area contributed by atoms with Gasteiger partial charge in [-0.3, -0.25) is 0 Å². The van der Waals surface area contributed by atoms with Crippen LogP contribution in [0.5, 0.6) is 5.75 Å². The minimum Gasteiger partial charge on any atom is -0.497 e. The summed E-state index contributed by atoms with van der Waals surface area (Å²) in [6.07, 6.45) is 0.704. The molecule has 0 aliphatic heterocycles. The van der Waals surface area contributed by atoms with Crippen LogP contribution in [0.3, 0.4) is 0 Å². The van der Waals surface area contributed by atoms with Gasteiger partial charge in [-0.1, -0.05) is 76.8 Å². The minimum absolute atomic E-state index is 0.167. The van der Waals surface area contributed by atoms with Gasteiger partial charge in [0.1, 0.15) is 11.0 Å². The molecular weight excluding hydrogens is 394 g/mol. The van der Waals surface area contributed by atoms with Crippen molar-refractivity contribution < 1.29 is 4.74 Å². The molecule has 0 saturated heterocycles. The van der Waals surface area contributed by atoms with Crippen molar-refractivity contribution in [3.8, 4) is 11.8 Å². The van der Waals surface area contributed by atoms with Crippen LogP contribution in [0.25, 0.3) is 0 Å². The maximum atomic E-state index is 9.48. The summed E-state index contributed by atoms with van der Waals surface area (Å²) >= 11 is 4.69. The third kappa shape index (κ3) is 5.99. The summed E-state index contributed by atoms with van der Waals surface area (Å²) < 4.78 is 6.93. The number of hydrogen-bond donors (Lipinski definition) is 0. The summed E-state index contributed by atoms with van der Waals surface area (Å²) in [4.78, 5) is 0. The van der Waals surface area contributed by atoms with Gasteiger partial charge in [-0.25, -0.2) is 0 Å². The van der Waals surface area contributed by atoms with Gasteiger partial charge in [0.05, 0.1) is 13.2 Å². The smallest absolute Gasteiger partial charge is 0.176 e. The predicted octanol–water partition coefficient (Wildman–Crippen LogP) is 5.37. The third-order valence-electron chi connectivity index (χ3n) is 3.84. The Morgan fingerprint density at radius 1 is 1.04 bits per heavy atom.